The highest BCUT2D eigenvalue weighted by atomic mass is 35.5. The van der Waals surface area contributed by atoms with E-state index in [1.165, 1.54) is 23.1 Å². The van der Waals surface area contributed by atoms with Crippen molar-refractivity contribution >= 4 is 46.6 Å². The van der Waals surface area contributed by atoms with Crippen LogP contribution >= 0.6 is 23.2 Å². The molecule has 0 aromatic heterocycles. The van der Waals surface area contributed by atoms with Gasteiger partial charge >= 0.3 is 5.97 Å². The Kier molecular flexibility index (Phi) is 7.33. The van der Waals surface area contributed by atoms with Crippen LogP contribution in [0.1, 0.15) is 53.3 Å². The molecule has 0 spiro atoms. The fourth-order valence-electron chi connectivity index (χ4n) is 4.75. The summed E-state index contributed by atoms with van der Waals surface area (Å²) in [7, 11) is 0. The molecule has 5 rings (SSSR count). The molecule has 0 heterocycles. The number of nitrogens with zero attached hydrogens (tertiary/aromatic N) is 1. The van der Waals surface area contributed by atoms with Crippen LogP contribution < -0.4 is 0 Å². The first-order chi connectivity index (χ1) is 18.7. The Morgan fingerprint density at radius 1 is 0.718 bits per heavy atom. The van der Waals surface area contributed by atoms with Crippen molar-refractivity contribution in [3.05, 3.63) is 140 Å². The average molecular weight is 558 g/mol. The van der Waals surface area contributed by atoms with E-state index in [-0.39, 0.29) is 46.2 Å². The summed E-state index contributed by atoms with van der Waals surface area (Å²) in [5, 5.41) is 10.6. The van der Waals surface area contributed by atoms with Crippen molar-refractivity contribution in [2.24, 2.45) is 0 Å². The number of aliphatic carboxylic acids is 1. The zero-order valence-electron chi connectivity index (χ0n) is 20.4. The number of carboxylic acid groups (broad SMARTS) is 1. The number of hydrogen-bond acceptors (Lipinski definition) is 4. The zero-order valence-corrected chi connectivity index (χ0v) is 21.9. The number of halogens is 2. The summed E-state index contributed by atoms with van der Waals surface area (Å²) in [6.45, 7) is -0.141. The van der Waals surface area contributed by atoms with Gasteiger partial charge in [-0.15, -0.1) is 0 Å². The molecule has 0 saturated carbocycles. The molecule has 8 heteroatoms. The molecule has 1 aliphatic rings. The van der Waals surface area contributed by atoms with E-state index in [9.17, 15) is 24.3 Å². The van der Waals surface area contributed by atoms with Crippen molar-refractivity contribution in [2.75, 3.05) is 0 Å². The van der Waals surface area contributed by atoms with Crippen LogP contribution in [0.5, 0.6) is 0 Å². The van der Waals surface area contributed by atoms with Gasteiger partial charge in [-0.25, -0.2) is 4.79 Å². The van der Waals surface area contributed by atoms with Crippen LogP contribution in [0.4, 0.5) is 0 Å². The van der Waals surface area contributed by atoms with Gasteiger partial charge in [0.2, 0.25) is 0 Å². The summed E-state index contributed by atoms with van der Waals surface area (Å²) in [4.78, 5) is 53.8. The summed E-state index contributed by atoms with van der Waals surface area (Å²) in [6.07, 6.45) is 0.0445. The second-order valence-electron chi connectivity index (χ2n) is 9.18. The van der Waals surface area contributed by atoms with Crippen molar-refractivity contribution in [3.63, 3.8) is 0 Å². The predicted molar refractivity (Wildman–Crippen MR) is 148 cm³/mol. The lowest BCUT2D eigenvalue weighted by Crippen LogP contribution is -2.46. The van der Waals surface area contributed by atoms with Crippen LogP contribution in [-0.2, 0) is 17.8 Å². The maximum Gasteiger partial charge on any atom is 0.326 e. The van der Waals surface area contributed by atoms with Crippen LogP contribution in [0.25, 0.3) is 0 Å². The summed E-state index contributed by atoms with van der Waals surface area (Å²) in [5.74, 6) is -2.37. The smallest absolute Gasteiger partial charge is 0.326 e. The fourth-order valence-corrected chi connectivity index (χ4v) is 5.24. The van der Waals surface area contributed by atoms with Gasteiger partial charge in [-0.2, -0.15) is 0 Å². The topological polar surface area (TPSA) is 91.8 Å². The first-order valence-corrected chi connectivity index (χ1v) is 12.8. The number of fused-ring (bicyclic) bond motifs is 2. The Labute approximate surface area is 234 Å². The van der Waals surface area contributed by atoms with Crippen LogP contribution in [-0.4, -0.2) is 39.5 Å². The number of carbonyl (C=O) groups is 4. The van der Waals surface area contributed by atoms with E-state index in [0.29, 0.717) is 21.7 Å². The lowest BCUT2D eigenvalue weighted by molar-refractivity contribution is -0.142. The van der Waals surface area contributed by atoms with E-state index in [4.69, 9.17) is 23.2 Å². The Morgan fingerprint density at radius 3 is 1.97 bits per heavy atom. The molecule has 4 aromatic carbocycles. The average Bonchev–Trinajstić information content (AvgIpc) is 2.93. The summed E-state index contributed by atoms with van der Waals surface area (Å²) < 4.78 is 0. The highest BCUT2D eigenvalue weighted by Crippen LogP contribution is 2.30. The molecule has 0 radical (unpaired) electrons. The molecule has 4 aromatic rings. The number of carbonyl (C=O) groups excluding carboxylic acids is 3. The Hall–Kier alpha value is -4.26. The van der Waals surface area contributed by atoms with E-state index in [0.717, 1.165) is 5.56 Å². The zero-order chi connectivity index (χ0) is 27.7. The maximum absolute atomic E-state index is 13.8. The third-order valence-electron chi connectivity index (χ3n) is 6.70. The maximum atomic E-state index is 13.8. The molecule has 0 aliphatic heterocycles. The highest BCUT2D eigenvalue weighted by Gasteiger charge is 2.33. The number of hydrogen-bond donors (Lipinski definition) is 1. The number of ketones is 2. The van der Waals surface area contributed by atoms with Crippen molar-refractivity contribution in [2.45, 2.75) is 19.0 Å². The molecule has 1 atom stereocenters. The minimum Gasteiger partial charge on any atom is -0.480 e. The molecular weight excluding hydrogens is 537 g/mol. The monoisotopic (exact) mass is 557 g/mol. The Balaban J connectivity index is 1.56. The van der Waals surface area contributed by atoms with Gasteiger partial charge in [0, 0.05) is 40.2 Å². The lowest BCUT2D eigenvalue weighted by Gasteiger charge is -2.30. The van der Waals surface area contributed by atoms with Crippen LogP contribution in [0.3, 0.4) is 0 Å². The van der Waals surface area contributed by atoms with Crippen LogP contribution in [0.15, 0.2) is 91.0 Å². The molecule has 1 amide bonds. The van der Waals surface area contributed by atoms with E-state index in [1.807, 2.05) is 6.07 Å². The molecular formula is C31H21Cl2NO5. The van der Waals surface area contributed by atoms with Crippen LogP contribution in [0, 0.1) is 0 Å². The molecule has 1 aliphatic carbocycles. The van der Waals surface area contributed by atoms with Gasteiger partial charge in [0.25, 0.3) is 5.91 Å². The van der Waals surface area contributed by atoms with Gasteiger partial charge in [-0.05, 0) is 41.5 Å². The van der Waals surface area contributed by atoms with Crippen molar-refractivity contribution in [1.29, 1.82) is 0 Å². The molecule has 0 fully saturated rings. The Bertz CT molecular complexity index is 1630. The number of rotatable bonds is 7. The second-order valence-corrected chi connectivity index (χ2v) is 10.0. The molecule has 6 nitrogen and oxygen atoms in total. The van der Waals surface area contributed by atoms with Crippen molar-refractivity contribution < 1.29 is 24.3 Å². The van der Waals surface area contributed by atoms with Gasteiger partial charge in [0.15, 0.2) is 11.6 Å². The first kappa shape index (κ1) is 26.4. The molecule has 1 unspecified atom stereocenters. The summed E-state index contributed by atoms with van der Waals surface area (Å²) >= 11 is 12.3. The predicted octanol–water partition coefficient (Wildman–Crippen LogP) is 6.11. The highest BCUT2D eigenvalue weighted by molar-refractivity contribution is 6.36. The minimum atomic E-state index is -1.25. The number of amides is 1. The molecule has 194 valence electrons. The van der Waals surface area contributed by atoms with Gasteiger partial charge in [-0.1, -0.05) is 83.9 Å². The third kappa shape index (κ3) is 5.21. The van der Waals surface area contributed by atoms with Crippen LogP contribution in [0.2, 0.25) is 10.0 Å². The van der Waals surface area contributed by atoms with Gasteiger partial charge in [-0.3, -0.25) is 14.4 Å². The lowest BCUT2D eigenvalue weighted by atomic mass is 9.83. The molecule has 0 bridgehead atoms. The molecule has 39 heavy (non-hydrogen) atoms. The van der Waals surface area contributed by atoms with Gasteiger partial charge < -0.3 is 10.0 Å². The van der Waals surface area contributed by atoms with E-state index < -0.39 is 17.9 Å². The quantitative estimate of drug-likeness (QED) is 0.261. The number of carboxylic acids is 1. The SMILES string of the molecule is O=C1c2ccccc2C(=O)c2cc(CN(C(=O)c3ccc(Cl)cc3Cl)C(Cc3ccccc3)C(=O)O)ccc21. The van der Waals surface area contributed by atoms with Gasteiger partial charge in [0.1, 0.15) is 6.04 Å². The van der Waals surface area contributed by atoms with Crippen molar-refractivity contribution in [1.82, 2.24) is 4.90 Å². The van der Waals surface area contributed by atoms with E-state index >= 15 is 0 Å². The summed E-state index contributed by atoms with van der Waals surface area (Å²) in [6, 6.07) is 23.4. The minimum absolute atomic E-state index is 0.0445. The Morgan fingerprint density at radius 2 is 1.33 bits per heavy atom. The largest absolute Gasteiger partial charge is 0.480 e. The molecule has 1 N–H and O–H groups in total. The standard InChI is InChI=1S/C31H21Cl2NO5/c32-20-11-13-24(26(33)16-20)30(37)34(27(31(38)39)15-18-6-2-1-3-7-18)17-19-10-12-23-25(14-19)29(36)22-9-5-4-8-21(22)28(23)35/h1-14,16,27H,15,17H2,(H,38,39). The fraction of sp³-hybridized carbons (Fsp3) is 0.0968. The van der Waals surface area contributed by atoms with Gasteiger partial charge in [0.05, 0.1) is 10.6 Å². The molecule has 0 saturated heterocycles. The first-order valence-electron chi connectivity index (χ1n) is 12.1. The number of benzene rings is 4. The second kappa shape index (κ2) is 10.8. The summed E-state index contributed by atoms with van der Waals surface area (Å²) in [5.41, 5.74) is 2.44. The van der Waals surface area contributed by atoms with E-state index in [1.54, 1.807) is 66.7 Å². The third-order valence-corrected chi connectivity index (χ3v) is 7.25. The van der Waals surface area contributed by atoms with E-state index in [2.05, 4.69) is 0 Å². The van der Waals surface area contributed by atoms with Crippen molar-refractivity contribution in [3.8, 4) is 0 Å². The normalized spacial score (nSPS) is 12.9.